The van der Waals surface area contributed by atoms with E-state index < -0.39 is 81.2 Å². The second-order valence-corrected chi connectivity index (χ2v) is 15.0. The molecule has 1 amide bonds. The molecular formula is C33H37ClN8Na2O10S2. The van der Waals surface area contributed by atoms with E-state index in [1.54, 1.807) is 12.1 Å². The number of carbonyl (C=O) groups excluding carboxylic acids is 1. The average Bonchev–Trinajstić information content (AvgIpc) is 3.07. The molecular weight excluding hydrogens is 814 g/mol. The second kappa shape index (κ2) is 21.7. The minimum atomic E-state index is -5.55. The fraction of sp³-hybridized carbons (Fsp3) is 0.364. The van der Waals surface area contributed by atoms with Gasteiger partial charge in [-0.15, -0.1) is 10.2 Å². The molecule has 290 valence electrons. The third kappa shape index (κ3) is 13.0. The van der Waals surface area contributed by atoms with E-state index in [1.807, 2.05) is 12.1 Å². The van der Waals surface area contributed by atoms with Gasteiger partial charge in [-0.2, -0.15) is 15.0 Å². The van der Waals surface area contributed by atoms with E-state index >= 15 is 0 Å². The van der Waals surface area contributed by atoms with Gasteiger partial charge in [0.05, 0.1) is 15.5 Å². The number of nitrogens with two attached hydrogens (primary N) is 1. The van der Waals surface area contributed by atoms with Crippen molar-refractivity contribution in [2.45, 2.75) is 88.5 Å². The predicted octanol–water partition coefficient (Wildman–Crippen LogP) is -0.120. The summed E-state index contributed by atoms with van der Waals surface area (Å²) in [6, 6.07) is 7.72. The van der Waals surface area contributed by atoms with Crippen molar-refractivity contribution in [1.82, 2.24) is 19.5 Å². The van der Waals surface area contributed by atoms with Gasteiger partial charge >= 0.3 is 65.1 Å². The minimum Gasteiger partial charge on any atom is -0.744 e. The van der Waals surface area contributed by atoms with Gasteiger partial charge in [-0.1, -0.05) is 57.6 Å². The first-order valence-electron chi connectivity index (χ1n) is 16.7. The van der Waals surface area contributed by atoms with Crippen LogP contribution in [0.1, 0.15) is 80.3 Å². The Morgan fingerprint density at radius 1 is 0.929 bits per heavy atom. The minimum absolute atomic E-state index is 0. The number of pyridine rings is 1. The van der Waals surface area contributed by atoms with Crippen molar-refractivity contribution in [2.24, 2.45) is 16.0 Å². The van der Waals surface area contributed by atoms with Crippen molar-refractivity contribution >= 4 is 60.8 Å². The Hall–Kier alpha value is -3.02. The van der Waals surface area contributed by atoms with Crippen LogP contribution in [0.5, 0.6) is 17.6 Å². The summed E-state index contributed by atoms with van der Waals surface area (Å²) in [6.45, 7) is 4.70. The molecule has 0 spiro atoms. The molecule has 0 unspecified atom stereocenters. The largest absolute Gasteiger partial charge is 1.00 e. The van der Waals surface area contributed by atoms with Crippen LogP contribution in [0.4, 0.5) is 23.0 Å². The third-order valence-corrected chi connectivity index (χ3v) is 10.0. The number of azo groups is 1. The molecule has 0 radical (unpaired) electrons. The summed E-state index contributed by atoms with van der Waals surface area (Å²) in [5, 5.41) is 19.8. The predicted molar refractivity (Wildman–Crippen MR) is 194 cm³/mol. The summed E-state index contributed by atoms with van der Waals surface area (Å²) in [6.07, 6.45) is 9.17. The number of hydrogen-bond donors (Lipinski definition) is 3. The van der Waals surface area contributed by atoms with E-state index in [2.05, 4.69) is 37.4 Å². The van der Waals surface area contributed by atoms with Gasteiger partial charge < -0.3 is 30.0 Å². The van der Waals surface area contributed by atoms with Gasteiger partial charge in [-0.05, 0) is 68.1 Å². The number of hydrogen-bond acceptors (Lipinski definition) is 16. The fourth-order valence-electron chi connectivity index (χ4n) is 5.42. The van der Waals surface area contributed by atoms with E-state index in [0.717, 1.165) is 29.4 Å². The van der Waals surface area contributed by atoms with Gasteiger partial charge in [-0.25, -0.2) is 16.8 Å². The van der Waals surface area contributed by atoms with Gasteiger partial charge in [0.1, 0.15) is 37.2 Å². The molecule has 2 heterocycles. The van der Waals surface area contributed by atoms with Crippen LogP contribution in [-0.2, 0) is 33.2 Å². The molecule has 2 aromatic heterocycles. The van der Waals surface area contributed by atoms with Gasteiger partial charge in [-0.3, -0.25) is 14.2 Å². The number of rotatable bonds is 18. The Labute approximate surface area is 372 Å². The van der Waals surface area contributed by atoms with Crippen LogP contribution in [0.3, 0.4) is 0 Å². The van der Waals surface area contributed by atoms with Crippen molar-refractivity contribution < 1.29 is 99.7 Å². The molecule has 0 bridgehead atoms. The average molecular weight is 851 g/mol. The van der Waals surface area contributed by atoms with Crippen LogP contribution in [0, 0.1) is 6.92 Å². The summed E-state index contributed by atoms with van der Waals surface area (Å²) in [4.78, 5) is 34.4. The Morgan fingerprint density at radius 2 is 1.54 bits per heavy atom. The summed E-state index contributed by atoms with van der Waals surface area (Å²) in [5.41, 5.74) is 2.66. The molecule has 4 N–H and O–H groups in total. The Bertz CT molecular complexity index is 2350. The number of benzene rings is 2. The monoisotopic (exact) mass is 850 g/mol. The van der Waals surface area contributed by atoms with Crippen LogP contribution < -0.4 is 80.5 Å². The molecule has 4 rings (SSSR count). The number of nitrogens with zero attached hydrogens (tertiary/aromatic N) is 6. The molecule has 0 atom stereocenters. The number of nitrogens with one attached hydrogen (secondary N) is 1. The molecule has 0 aliphatic carbocycles. The Kier molecular flexibility index (Phi) is 19.0. The SMILES string of the molecule is CCCCCCCCCc1ccc(Oc2nc(Cl)nc(Nc3cc(N=Nc4c(C)c(C(N)=O)c(O)n(CC)c4=O)c(S(=O)(=O)[O-])cc3S(=O)(=O)[O-])n2)cc1.[Na+].[Na+]. The van der Waals surface area contributed by atoms with Gasteiger partial charge in [0.2, 0.25) is 17.1 Å². The molecule has 0 aliphatic heterocycles. The molecule has 0 fully saturated rings. The number of ether oxygens (including phenoxy) is 1. The number of aromatic nitrogens is 4. The van der Waals surface area contributed by atoms with E-state index in [9.17, 15) is 40.6 Å². The normalized spacial score (nSPS) is 11.5. The zero-order valence-corrected chi connectivity index (χ0v) is 37.8. The molecule has 0 saturated heterocycles. The Balaban J connectivity index is 0.00000541. The van der Waals surface area contributed by atoms with Crippen molar-refractivity contribution in [3.8, 4) is 17.6 Å². The maximum Gasteiger partial charge on any atom is 1.00 e. The van der Waals surface area contributed by atoms with Crippen LogP contribution >= 0.6 is 11.6 Å². The van der Waals surface area contributed by atoms with Crippen molar-refractivity contribution in [3.63, 3.8) is 0 Å². The Morgan fingerprint density at radius 3 is 2.11 bits per heavy atom. The maximum absolute atomic E-state index is 13.1. The molecule has 23 heteroatoms. The van der Waals surface area contributed by atoms with Crippen LogP contribution in [0.15, 0.2) is 61.2 Å². The molecule has 2 aromatic carbocycles. The van der Waals surface area contributed by atoms with Gasteiger partial charge in [0, 0.05) is 12.1 Å². The fourth-order valence-corrected chi connectivity index (χ4v) is 6.90. The van der Waals surface area contributed by atoms with Crippen LogP contribution in [0.25, 0.3) is 0 Å². The number of aromatic hydroxyl groups is 1. The zero-order chi connectivity index (χ0) is 39.8. The summed E-state index contributed by atoms with van der Waals surface area (Å²) in [5.74, 6) is -2.02. The van der Waals surface area contributed by atoms with E-state index in [-0.39, 0.29) is 83.3 Å². The first kappa shape index (κ1) is 49.1. The first-order valence-corrected chi connectivity index (χ1v) is 19.9. The smallest absolute Gasteiger partial charge is 0.744 e. The second-order valence-electron chi connectivity index (χ2n) is 12.0. The maximum atomic E-state index is 13.1. The van der Waals surface area contributed by atoms with E-state index in [4.69, 9.17) is 22.1 Å². The number of anilines is 2. The quantitative estimate of drug-likeness (QED) is 0.0510. The van der Waals surface area contributed by atoms with E-state index in [1.165, 1.54) is 46.0 Å². The molecule has 56 heavy (non-hydrogen) atoms. The number of carbonyl (C=O) groups is 1. The molecule has 0 saturated carbocycles. The van der Waals surface area contributed by atoms with E-state index in [0.29, 0.717) is 11.8 Å². The van der Waals surface area contributed by atoms with Gasteiger partial charge in [0.15, 0.2) is 5.69 Å². The number of halogens is 1. The zero-order valence-electron chi connectivity index (χ0n) is 31.4. The number of amides is 1. The molecule has 18 nitrogen and oxygen atoms in total. The van der Waals surface area contributed by atoms with Crippen molar-refractivity contribution in [3.05, 3.63) is 68.7 Å². The number of unbranched alkanes of at least 4 members (excludes halogenated alkanes) is 6. The summed E-state index contributed by atoms with van der Waals surface area (Å²) < 4.78 is 80.0. The van der Waals surface area contributed by atoms with Crippen molar-refractivity contribution in [2.75, 3.05) is 5.32 Å². The van der Waals surface area contributed by atoms with Gasteiger partial charge in [0.25, 0.3) is 11.5 Å². The molecule has 4 aromatic rings. The number of aryl methyl sites for hydroxylation is 1. The molecule has 0 aliphatic rings. The third-order valence-electron chi connectivity index (χ3n) is 8.11. The van der Waals surface area contributed by atoms with Crippen LogP contribution in [0.2, 0.25) is 5.28 Å². The summed E-state index contributed by atoms with van der Waals surface area (Å²) >= 11 is 6.08. The standard InChI is InChI=1S/C33H39ClN8O10S2.2Na/c1-4-6-7-8-9-10-11-12-20-13-15-21(16-14-20)52-33-38-31(34)37-32(39-33)36-22-17-23(25(54(49,50)51)18-24(22)53(46,47)48)40-41-27-19(3)26(28(35)43)29(44)42(5-2)30(27)45;;/h13-18,44H,4-12H2,1-3H3,(H2,35,43)(H,46,47,48)(H,49,50,51)(H,36,37,38,39);;/q;2*+1/p-2. The van der Waals surface area contributed by atoms with Crippen LogP contribution in [-0.4, -0.2) is 56.5 Å². The summed E-state index contributed by atoms with van der Waals surface area (Å²) in [7, 11) is -11.1. The number of primary amides is 1. The topological polar surface area (TPSA) is 284 Å². The van der Waals surface area contributed by atoms with Crippen molar-refractivity contribution in [1.29, 1.82) is 0 Å². The first-order chi connectivity index (χ1) is 25.4.